The van der Waals surface area contributed by atoms with Crippen LogP contribution in [0.1, 0.15) is 21.9 Å². The molecule has 0 fully saturated rings. The van der Waals surface area contributed by atoms with Gasteiger partial charge in [0.1, 0.15) is 11.5 Å². The van der Waals surface area contributed by atoms with Crippen LogP contribution in [0.4, 0.5) is 0 Å². The smallest absolute Gasteiger partial charge is 0.354 e. The van der Waals surface area contributed by atoms with Crippen molar-refractivity contribution in [1.29, 1.82) is 0 Å². The third kappa shape index (κ3) is 1.74. The molecule has 1 aromatic heterocycles. The van der Waals surface area contributed by atoms with Crippen molar-refractivity contribution in [3.63, 3.8) is 0 Å². The molecule has 0 radical (unpaired) electrons. The van der Waals surface area contributed by atoms with E-state index in [1.165, 1.54) is 14.0 Å². The van der Waals surface area contributed by atoms with E-state index in [0.29, 0.717) is 5.82 Å². The summed E-state index contributed by atoms with van der Waals surface area (Å²) in [7, 11) is 1.26. The molecule has 0 atom stereocenters. The molecule has 5 heteroatoms. The Morgan fingerprint density at radius 3 is 2.62 bits per heavy atom. The lowest BCUT2D eigenvalue weighted by Gasteiger charge is -2.03. The van der Waals surface area contributed by atoms with Gasteiger partial charge in [0, 0.05) is 5.56 Å². The first-order valence-electron chi connectivity index (χ1n) is 3.72. The first kappa shape index (κ1) is 9.44. The molecule has 13 heavy (non-hydrogen) atoms. The molecule has 0 bridgehead atoms. The fourth-order valence-corrected chi connectivity index (χ4v) is 0.952. The van der Waals surface area contributed by atoms with Gasteiger partial charge in [0.05, 0.1) is 7.11 Å². The number of aromatic amines is 1. The van der Waals surface area contributed by atoms with Gasteiger partial charge < -0.3 is 9.72 Å². The van der Waals surface area contributed by atoms with Gasteiger partial charge in [-0.3, -0.25) is 4.79 Å². The molecular formula is C8H10N2O3. The quantitative estimate of drug-likeness (QED) is 0.628. The molecule has 0 aromatic carbocycles. The topological polar surface area (TPSA) is 72.1 Å². The van der Waals surface area contributed by atoms with Crippen molar-refractivity contribution in [3.8, 4) is 0 Å². The van der Waals surface area contributed by atoms with Crippen molar-refractivity contribution in [3.05, 3.63) is 27.4 Å². The molecule has 0 spiro atoms. The second kappa shape index (κ2) is 3.38. The first-order valence-corrected chi connectivity index (χ1v) is 3.72. The number of carbonyl (C=O) groups excluding carboxylic acids is 1. The van der Waals surface area contributed by atoms with Crippen LogP contribution in [0.25, 0.3) is 0 Å². The Kier molecular flexibility index (Phi) is 2.46. The maximum absolute atomic E-state index is 11.1. The van der Waals surface area contributed by atoms with Gasteiger partial charge >= 0.3 is 5.97 Å². The normalized spacial score (nSPS) is 9.77. The number of nitrogens with one attached hydrogen (secondary N) is 1. The predicted octanol–water partition coefficient (Wildman–Crippen LogP) is 0.173. The maximum atomic E-state index is 11.1. The van der Waals surface area contributed by atoms with Crippen LogP contribution in [0.2, 0.25) is 0 Å². The number of methoxy groups -OCH3 is 1. The molecule has 5 nitrogen and oxygen atoms in total. The first-order chi connectivity index (χ1) is 6.06. The Labute approximate surface area is 74.8 Å². The summed E-state index contributed by atoms with van der Waals surface area (Å²) < 4.78 is 4.49. The molecule has 0 aliphatic carbocycles. The number of esters is 1. The minimum atomic E-state index is -0.555. The van der Waals surface area contributed by atoms with E-state index in [0.717, 1.165) is 0 Å². The van der Waals surface area contributed by atoms with Crippen molar-refractivity contribution < 1.29 is 9.53 Å². The van der Waals surface area contributed by atoms with E-state index in [-0.39, 0.29) is 11.3 Å². The SMILES string of the molecule is COC(=O)c1[nH]c(C)nc(=O)c1C. The number of carbonyl (C=O) groups is 1. The van der Waals surface area contributed by atoms with E-state index >= 15 is 0 Å². The molecule has 1 rings (SSSR count). The zero-order valence-electron chi connectivity index (χ0n) is 7.67. The number of aryl methyl sites for hydroxylation is 1. The molecule has 0 unspecified atom stereocenters. The van der Waals surface area contributed by atoms with Crippen molar-refractivity contribution in [2.24, 2.45) is 0 Å². The van der Waals surface area contributed by atoms with E-state index in [9.17, 15) is 9.59 Å². The largest absolute Gasteiger partial charge is 0.464 e. The fourth-order valence-electron chi connectivity index (χ4n) is 0.952. The third-order valence-corrected chi connectivity index (χ3v) is 1.66. The highest BCUT2D eigenvalue weighted by Gasteiger charge is 2.12. The van der Waals surface area contributed by atoms with Crippen molar-refractivity contribution in [2.45, 2.75) is 13.8 Å². The molecular weight excluding hydrogens is 172 g/mol. The van der Waals surface area contributed by atoms with Gasteiger partial charge in [-0.15, -0.1) is 0 Å². The number of nitrogens with zero attached hydrogens (tertiary/aromatic N) is 1. The van der Waals surface area contributed by atoms with Gasteiger partial charge in [-0.25, -0.2) is 4.79 Å². The minimum absolute atomic E-state index is 0.167. The van der Waals surface area contributed by atoms with Gasteiger partial charge in [-0.1, -0.05) is 0 Å². The number of ether oxygens (including phenoxy) is 1. The number of hydrogen-bond donors (Lipinski definition) is 1. The maximum Gasteiger partial charge on any atom is 0.354 e. The summed E-state index contributed by atoms with van der Waals surface area (Å²) in [4.78, 5) is 28.6. The van der Waals surface area contributed by atoms with Crippen LogP contribution in [-0.2, 0) is 4.74 Å². The van der Waals surface area contributed by atoms with E-state index in [4.69, 9.17) is 0 Å². The number of H-pyrrole nitrogens is 1. The second-order valence-electron chi connectivity index (χ2n) is 2.62. The molecule has 0 saturated heterocycles. The summed E-state index contributed by atoms with van der Waals surface area (Å²) in [6.45, 7) is 3.13. The zero-order chi connectivity index (χ0) is 10.0. The fraction of sp³-hybridized carbons (Fsp3) is 0.375. The molecule has 1 aromatic rings. The average Bonchev–Trinajstić information content (AvgIpc) is 2.10. The Bertz CT molecular complexity index is 395. The van der Waals surface area contributed by atoms with Crippen LogP contribution in [0.15, 0.2) is 4.79 Å². The van der Waals surface area contributed by atoms with Gasteiger partial charge in [0.2, 0.25) is 0 Å². The van der Waals surface area contributed by atoms with E-state index in [1.54, 1.807) is 6.92 Å². The van der Waals surface area contributed by atoms with Crippen molar-refractivity contribution in [2.75, 3.05) is 7.11 Å². The van der Waals surface area contributed by atoms with Crippen LogP contribution < -0.4 is 5.56 Å². The number of hydrogen-bond acceptors (Lipinski definition) is 4. The Hall–Kier alpha value is -1.65. The summed E-state index contributed by atoms with van der Waals surface area (Å²) in [6.07, 6.45) is 0. The summed E-state index contributed by atoms with van der Waals surface area (Å²) in [6, 6.07) is 0. The van der Waals surface area contributed by atoms with Crippen LogP contribution in [-0.4, -0.2) is 23.0 Å². The highest BCUT2D eigenvalue weighted by Crippen LogP contribution is 2.00. The van der Waals surface area contributed by atoms with Gasteiger partial charge in [-0.2, -0.15) is 4.98 Å². The third-order valence-electron chi connectivity index (χ3n) is 1.66. The molecule has 70 valence electrons. The number of rotatable bonds is 1. The molecule has 0 amide bonds. The van der Waals surface area contributed by atoms with Gasteiger partial charge in [0.15, 0.2) is 0 Å². The summed E-state index contributed by atoms with van der Waals surface area (Å²) in [5.74, 6) is -0.156. The lowest BCUT2D eigenvalue weighted by Crippen LogP contribution is -2.20. The Morgan fingerprint density at radius 2 is 2.08 bits per heavy atom. The van der Waals surface area contributed by atoms with Gasteiger partial charge in [0.25, 0.3) is 5.56 Å². The van der Waals surface area contributed by atoms with Crippen molar-refractivity contribution >= 4 is 5.97 Å². The summed E-state index contributed by atoms with van der Waals surface area (Å²) in [5.41, 5.74) is 0.0362. The number of aromatic nitrogens is 2. The van der Waals surface area contributed by atoms with Crippen LogP contribution in [0.5, 0.6) is 0 Å². The lowest BCUT2D eigenvalue weighted by molar-refractivity contribution is 0.0592. The minimum Gasteiger partial charge on any atom is -0.464 e. The highest BCUT2D eigenvalue weighted by atomic mass is 16.5. The summed E-state index contributed by atoms with van der Waals surface area (Å²) in [5, 5.41) is 0. The monoisotopic (exact) mass is 182 g/mol. The molecule has 1 heterocycles. The van der Waals surface area contributed by atoms with Crippen molar-refractivity contribution in [1.82, 2.24) is 9.97 Å². The highest BCUT2D eigenvalue weighted by molar-refractivity contribution is 5.88. The van der Waals surface area contributed by atoms with Crippen LogP contribution in [0.3, 0.4) is 0 Å². The van der Waals surface area contributed by atoms with Gasteiger partial charge in [-0.05, 0) is 13.8 Å². The molecule has 0 aliphatic rings. The Morgan fingerprint density at radius 1 is 1.46 bits per heavy atom. The zero-order valence-corrected chi connectivity index (χ0v) is 7.67. The average molecular weight is 182 g/mol. The van der Waals surface area contributed by atoms with Crippen LogP contribution in [0, 0.1) is 13.8 Å². The van der Waals surface area contributed by atoms with E-state index in [1.807, 2.05) is 0 Å². The van der Waals surface area contributed by atoms with E-state index < -0.39 is 11.5 Å². The molecule has 0 saturated carbocycles. The lowest BCUT2D eigenvalue weighted by atomic mass is 10.2. The van der Waals surface area contributed by atoms with Crippen LogP contribution >= 0.6 is 0 Å². The molecule has 1 N–H and O–H groups in total. The standard InChI is InChI=1S/C8H10N2O3/c1-4-6(8(12)13-3)9-5(2)10-7(4)11/h1-3H3,(H,9,10,11). The molecule has 0 aliphatic heterocycles. The Balaban J connectivity index is 3.37. The summed E-state index contributed by atoms with van der Waals surface area (Å²) >= 11 is 0. The predicted molar refractivity (Wildman–Crippen MR) is 45.7 cm³/mol. The second-order valence-corrected chi connectivity index (χ2v) is 2.62. The van der Waals surface area contributed by atoms with E-state index in [2.05, 4.69) is 14.7 Å².